The van der Waals surface area contributed by atoms with Gasteiger partial charge in [-0.15, -0.1) is 0 Å². The number of aryl methyl sites for hydroxylation is 1. The Morgan fingerprint density at radius 3 is 2.56 bits per heavy atom. The van der Waals surface area contributed by atoms with E-state index in [0.29, 0.717) is 27.1 Å². The van der Waals surface area contributed by atoms with Crippen LogP contribution in [-0.4, -0.2) is 10.9 Å². The predicted molar refractivity (Wildman–Crippen MR) is 103 cm³/mol. The Labute approximate surface area is 155 Å². The van der Waals surface area contributed by atoms with Crippen LogP contribution in [0.5, 0.6) is 0 Å². The number of pyridine rings is 1. The molecule has 0 saturated carbocycles. The van der Waals surface area contributed by atoms with Crippen molar-refractivity contribution in [1.29, 1.82) is 0 Å². The molecule has 0 saturated heterocycles. The molecule has 0 atom stereocenters. The van der Waals surface area contributed by atoms with Crippen molar-refractivity contribution < 1.29 is 4.79 Å². The van der Waals surface area contributed by atoms with Crippen LogP contribution >= 0.6 is 23.2 Å². The van der Waals surface area contributed by atoms with E-state index in [4.69, 9.17) is 23.2 Å². The van der Waals surface area contributed by atoms with Gasteiger partial charge in [0.2, 0.25) is 0 Å². The maximum atomic E-state index is 12.3. The number of anilines is 3. The molecular weight excluding hydrogens is 357 g/mol. The minimum atomic E-state index is -0.270. The monoisotopic (exact) mass is 371 g/mol. The van der Waals surface area contributed by atoms with Gasteiger partial charge in [-0.3, -0.25) is 4.79 Å². The molecule has 1 aromatic heterocycles. The zero-order valence-electron chi connectivity index (χ0n) is 13.4. The first-order valence-electron chi connectivity index (χ1n) is 7.57. The summed E-state index contributed by atoms with van der Waals surface area (Å²) in [6.45, 7) is 2.02. The number of halogens is 2. The Morgan fingerprint density at radius 1 is 1.00 bits per heavy atom. The minimum absolute atomic E-state index is 0.270. The normalized spacial score (nSPS) is 10.4. The maximum absolute atomic E-state index is 12.3. The van der Waals surface area contributed by atoms with Crippen LogP contribution in [0.4, 0.5) is 17.1 Å². The number of carbonyl (C=O) groups excluding carboxylic acids is 1. The lowest BCUT2D eigenvalue weighted by Gasteiger charge is -2.12. The van der Waals surface area contributed by atoms with Gasteiger partial charge in [0.15, 0.2) is 0 Å². The minimum Gasteiger partial charge on any atom is -0.354 e. The fourth-order valence-corrected chi connectivity index (χ4v) is 2.57. The van der Waals surface area contributed by atoms with Gasteiger partial charge in [-0.05, 0) is 55.0 Å². The molecule has 0 aliphatic carbocycles. The van der Waals surface area contributed by atoms with Gasteiger partial charge in [0.25, 0.3) is 5.91 Å². The quantitative estimate of drug-likeness (QED) is 0.578. The molecule has 2 N–H and O–H groups in total. The smallest absolute Gasteiger partial charge is 0.257 e. The highest BCUT2D eigenvalue weighted by Crippen LogP contribution is 2.29. The van der Waals surface area contributed by atoms with Crippen LogP contribution in [-0.2, 0) is 0 Å². The van der Waals surface area contributed by atoms with Crippen molar-refractivity contribution >= 4 is 46.2 Å². The van der Waals surface area contributed by atoms with Gasteiger partial charge in [0.05, 0.1) is 16.3 Å². The Balaban J connectivity index is 1.79. The van der Waals surface area contributed by atoms with Crippen molar-refractivity contribution in [1.82, 2.24) is 4.98 Å². The molecule has 4 nitrogen and oxygen atoms in total. The summed E-state index contributed by atoms with van der Waals surface area (Å²) in [5.74, 6) is -0.270. The van der Waals surface area contributed by atoms with Crippen LogP contribution in [0.3, 0.4) is 0 Å². The molecular formula is C19H15Cl2N3O. The Morgan fingerprint density at radius 2 is 1.84 bits per heavy atom. The lowest BCUT2D eigenvalue weighted by Crippen LogP contribution is -2.12. The zero-order chi connectivity index (χ0) is 17.8. The molecule has 126 valence electrons. The largest absolute Gasteiger partial charge is 0.354 e. The van der Waals surface area contributed by atoms with Crippen molar-refractivity contribution in [2.45, 2.75) is 6.92 Å². The molecule has 1 heterocycles. The summed E-state index contributed by atoms with van der Waals surface area (Å²) < 4.78 is 0. The fraction of sp³-hybridized carbons (Fsp3) is 0.0526. The second-order valence-electron chi connectivity index (χ2n) is 5.51. The van der Waals surface area contributed by atoms with E-state index >= 15 is 0 Å². The summed E-state index contributed by atoms with van der Waals surface area (Å²) in [7, 11) is 0. The van der Waals surface area contributed by atoms with Crippen molar-refractivity contribution in [3.63, 3.8) is 0 Å². The molecule has 6 heteroatoms. The SMILES string of the molecule is Cc1cccc(Nc2cc(NC(=O)c3ccc(Cl)nc3)ccc2Cl)c1. The Hall–Kier alpha value is -2.56. The van der Waals surface area contributed by atoms with Crippen molar-refractivity contribution in [3.05, 3.63) is 82.1 Å². The lowest BCUT2D eigenvalue weighted by molar-refractivity contribution is 0.102. The number of hydrogen-bond acceptors (Lipinski definition) is 3. The van der Waals surface area contributed by atoms with E-state index < -0.39 is 0 Å². The van der Waals surface area contributed by atoms with Crippen molar-refractivity contribution in [3.8, 4) is 0 Å². The highest BCUT2D eigenvalue weighted by molar-refractivity contribution is 6.33. The summed E-state index contributed by atoms with van der Waals surface area (Å²) >= 11 is 12.0. The molecule has 25 heavy (non-hydrogen) atoms. The first-order chi connectivity index (χ1) is 12.0. The summed E-state index contributed by atoms with van der Waals surface area (Å²) in [6, 6.07) is 16.4. The number of nitrogens with one attached hydrogen (secondary N) is 2. The van der Waals surface area contributed by atoms with Gasteiger partial charge >= 0.3 is 0 Å². The van der Waals surface area contributed by atoms with Gasteiger partial charge in [-0.2, -0.15) is 0 Å². The van der Waals surface area contributed by atoms with Crippen LogP contribution in [0, 0.1) is 6.92 Å². The van der Waals surface area contributed by atoms with E-state index in [2.05, 4.69) is 15.6 Å². The van der Waals surface area contributed by atoms with Crippen LogP contribution in [0.15, 0.2) is 60.8 Å². The molecule has 3 aromatic rings. The van der Waals surface area contributed by atoms with Crippen LogP contribution in [0.1, 0.15) is 15.9 Å². The van der Waals surface area contributed by atoms with E-state index in [1.165, 1.54) is 6.20 Å². The van der Waals surface area contributed by atoms with Crippen molar-refractivity contribution in [2.75, 3.05) is 10.6 Å². The van der Waals surface area contributed by atoms with Crippen LogP contribution in [0.2, 0.25) is 10.2 Å². The molecule has 0 unspecified atom stereocenters. The topological polar surface area (TPSA) is 54.0 Å². The second-order valence-corrected chi connectivity index (χ2v) is 6.31. The Kier molecular flexibility index (Phi) is 5.22. The van der Waals surface area contributed by atoms with Gasteiger partial charge in [0, 0.05) is 17.6 Å². The summed E-state index contributed by atoms with van der Waals surface area (Å²) in [6.07, 6.45) is 1.43. The predicted octanol–water partition coefficient (Wildman–Crippen LogP) is 5.69. The molecule has 0 fully saturated rings. The van der Waals surface area contributed by atoms with Gasteiger partial charge in [-0.25, -0.2) is 4.98 Å². The third-order valence-corrected chi connectivity index (χ3v) is 4.06. The van der Waals surface area contributed by atoms with Gasteiger partial charge < -0.3 is 10.6 Å². The summed E-state index contributed by atoms with van der Waals surface area (Å²) in [4.78, 5) is 16.2. The standard InChI is InChI=1S/C19H15Cl2N3O/c1-12-3-2-4-14(9-12)23-17-10-15(6-7-16(17)20)24-19(25)13-5-8-18(21)22-11-13/h2-11,23H,1H3,(H,24,25). The third kappa shape index (κ3) is 4.50. The number of nitrogens with zero attached hydrogens (tertiary/aromatic N) is 1. The molecule has 3 rings (SSSR count). The summed E-state index contributed by atoms with van der Waals surface area (Å²) in [5, 5.41) is 6.99. The molecule has 0 spiro atoms. The average molecular weight is 372 g/mol. The highest BCUT2D eigenvalue weighted by atomic mass is 35.5. The molecule has 0 bridgehead atoms. The van der Waals surface area contributed by atoms with E-state index in [1.54, 1.807) is 30.3 Å². The van der Waals surface area contributed by atoms with Gasteiger partial charge in [0.1, 0.15) is 5.15 Å². The summed E-state index contributed by atoms with van der Waals surface area (Å²) in [5.41, 5.74) is 3.82. The van der Waals surface area contributed by atoms with Gasteiger partial charge in [-0.1, -0.05) is 35.3 Å². The van der Waals surface area contributed by atoms with Crippen LogP contribution in [0.25, 0.3) is 0 Å². The second kappa shape index (κ2) is 7.55. The molecule has 0 aliphatic heterocycles. The Bertz CT molecular complexity index is 911. The molecule has 0 aliphatic rings. The number of rotatable bonds is 4. The molecule has 1 amide bonds. The van der Waals surface area contributed by atoms with E-state index in [1.807, 2.05) is 31.2 Å². The fourth-order valence-electron chi connectivity index (χ4n) is 2.29. The molecule has 0 radical (unpaired) electrons. The number of hydrogen-bond donors (Lipinski definition) is 2. The number of amides is 1. The van der Waals surface area contributed by atoms with Crippen LogP contribution < -0.4 is 10.6 Å². The third-order valence-electron chi connectivity index (χ3n) is 3.51. The first-order valence-corrected chi connectivity index (χ1v) is 8.33. The van der Waals surface area contributed by atoms with E-state index in [0.717, 1.165) is 11.3 Å². The number of benzene rings is 2. The van der Waals surface area contributed by atoms with E-state index in [9.17, 15) is 4.79 Å². The highest BCUT2D eigenvalue weighted by Gasteiger charge is 2.09. The number of carbonyl (C=O) groups is 1. The zero-order valence-corrected chi connectivity index (χ0v) is 14.9. The maximum Gasteiger partial charge on any atom is 0.257 e. The van der Waals surface area contributed by atoms with E-state index in [-0.39, 0.29) is 5.91 Å². The first kappa shape index (κ1) is 17.3. The average Bonchev–Trinajstić information content (AvgIpc) is 2.58. The van der Waals surface area contributed by atoms with Crippen molar-refractivity contribution in [2.24, 2.45) is 0 Å². The molecule has 2 aromatic carbocycles. The lowest BCUT2D eigenvalue weighted by atomic mass is 10.2. The number of aromatic nitrogens is 1.